The molecule has 1 aliphatic heterocycles. The van der Waals surface area contributed by atoms with Crippen LogP contribution in [0.3, 0.4) is 0 Å². The van der Waals surface area contributed by atoms with Crippen LogP contribution in [0.2, 0.25) is 0 Å². The Morgan fingerprint density at radius 3 is 2.14 bits per heavy atom. The molecule has 0 saturated carbocycles. The lowest BCUT2D eigenvalue weighted by molar-refractivity contribution is -0.138. The standard InChI is InChI=1S/C6H11N.C5H10O2/c1-7-5-3-2-4-6-7;1-5(2,3)7-4-6/h2-3H,4-6H2,1H3;4H,1-3H3. The van der Waals surface area contributed by atoms with Gasteiger partial charge in [-0.1, -0.05) is 12.2 Å². The van der Waals surface area contributed by atoms with Gasteiger partial charge in [0, 0.05) is 13.1 Å². The summed E-state index contributed by atoms with van der Waals surface area (Å²) in [4.78, 5) is 11.9. The molecule has 0 aromatic heterocycles. The van der Waals surface area contributed by atoms with Crippen LogP contribution in [0.4, 0.5) is 0 Å². The summed E-state index contributed by atoms with van der Waals surface area (Å²) >= 11 is 0. The Bertz CT molecular complexity index is 182. The molecule has 1 aliphatic rings. The second kappa shape index (κ2) is 6.60. The molecule has 14 heavy (non-hydrogen) atoms. The Morgan fingerprint density at radius 1 is 1.36 bits per heavy atom. The normalized spacial score (nSPS) is 16.9. The van der Waals surface area contributed by atoms with E-state index in [-0.39, 0.29) is 5.60 Å². The molecule has 0 spiro atoms. The van der Waals surface area contributed by atoms with Crippen molar-refractivity contribution >= 4 is 6.47 Å². The number of rotatable bonds is 1. The Labute approximate surface area is 86.7 Å². The van der Waals surface area contributed by atoms with Gasteiger partial charge in [0.25, 0.3) is 6.47 Å². The molecule has 1 rings (SSSR count). The van der Waals surface area contributed by atoms with Crippen LogP contribution in [-0.2, 0) is 9.53 Å². The molecule has 82 valence electrons. The van der Waals surface area contributed by atoms with Crippen LogP contribution in [0.1, 0.15) is 27.2 Å². The molecule has 0 saturated heterocycles. The Hall–Kier alpha value is -0.830. The summed E-state index contributed by atoms with van der Waals surface area (Å²) in [6, 6.07) is 0. The first kappa shape index (κ1) is 13.2. The first-order chi connectivity index (χ1) is 6.45. The van der Waals surface area contributed by atoms with E-state index in [1.165, 1.54) is 13.0 Å². The topological polar surface area (TPSA) is 29.5 Å². The van der Waals surface area contributed by atoms with Gasteiger partial charge < -0.3 is 9.64 Å². The van der Waals surface area contributed by atoms with E-state index >= 15 is 0 Å². The highest BCUT2D eigenvalue weighted by Crippen LogP contribution is 2.02. The molecule has 0 amide bonds. The van der Waals surface area contributed by atoms with Crippen molar-refractivity contribution < 1.29 is 9.53 Å². The fourth-order valence-electron chi connectivity index (χ4n) is 0.903. The quantitative estimate of drug-likeness (QED) is 0.476. The molecule has 0 radical (unpaired) electrons. The van der Waals surface area contributed by atoms with Crippen molar-refractivity contribution in [3.05, 3.63) is 12.2 Å². The molecule has 0 unspecified atom stereocenters. The lowest BCUT2D eigenvalue weighted by atomic mass is 10.2. The van der Waals surface area contributed by atoms with Crippen molar-refractivity contribution in [2.24, 2.45) is 0 Å². The van der Waals surface area contributed by atoms with Gasteiger partial charge in [-0.05, 0) is 34.2 Å². The van der Waals surface area contributed by atoms with Crippen molar-refractivity contribution in [2.45, 2.75) is 32.8 Å². The van der Waals surface area contributed by atoms with Gasteiger partial charge in [-0.25, -0.2) is 0 Å². The Morgan fingerprint density at radius 2 is 2.00 bits per heavy atom. The van der Waals surface area contributed by atoms with E-state index in [1.54, 1.807) is 0 Å². The largest absolute Gasteiger partial charge is 0.462 e. The molecule has 3 nitrogen and oxygen atoms in total. The summed E-state index contributed by atoms with van der Waals surface area (Å²) in [5.41, 5.74) is -0.318. The summed E-state index contributed by atoms with van der Waals surface area (Å²) in [5, 5.41) is 0. The zero-order valence-electron chi connectivity index (χ0n) is 9.62. The number of nitrogens with zero attached hydrogens (tertiary/aromatic N) is 1. The van der Waals surface area contributed by atoms with Gasteiger partial charge in [-0.3, -0.25) is 4.79 Å². The average Bonchev–Trinajstić information content (AvgIpc) is 2.04. The molecule has 0 aromatic rings. The van der Waals surface area contributed by atoms with Crippen molar-refractivity contribution in [2.75, 3.05) is 20.1 Å². The minimum atomic E-state index is -0.318. The summed E-state index contributed by atoms with van der Waals surface area (Å²) in [5.74, 6) is 0. The predicted octanol–water partition coefficient (Wildman–Crippen LogP) is 1.84. The first-order valence-corrected chi connectivity index (χ1v) is 4.91. The Balaban J connectivity index is 0.000000241. The molecule has 0 fully saturated rings. The molecule has 0 bridgehead atoms. The van der Waals surface area contributed by atoms with Crippen LogP contribution in [0.15, 0.2) is 12.2 Å². The van der Waals surface area contributed by atoms with E-state index in [9.17, 15) is 4.79 Å². The minimum Gasteiger partial charge on any atom is -0.462 e. The molecule has 0 aliphatic carbocycles. The van der Waals surface area contributed by atoms with E-state index in [2.05, 4.69) is 28.8 Å². The maximum absolute atomic E-state index is 9.60. The van der Waals surface area contributed by atoms with Crippen molar-refractivity contribution in [3.8, 4) is 0 Å². The molecule has 0 aromatic carbocycles. The monoisotopic (exact) mass is 199 g/mol. The second-order valence-electron chi connectivity index (χ2n) is 4.35. The summed E-state index contributed by atoms with van der Waals surface area (Å²) in [6.07, 6.45) is 5.68. The lowest BCUT2D eigenvalue weighted by Gasteiger charge is -2.15. The highest BCUT2D eigenvalue weighted by molar-refractivity contribution is 5.37. The van der Waals surface area contributed by atoms with E-state index in [1.807, 2.05) is 20.8 Å². The van der Waals surface area contributed by atoms with Crippen molar-refractivity contribution in [1.29, 1.82) is 0 Å². The first-order valence-electron chi connectivity index (χ1n) is 4.91. The molecule has 1 heterocycles. The predicted molar refractivity (Wildman–Crippen MR) is 58.2 cm³/mol. The number of likely N-dealkylation sites (N-methyl/N-ethyl adjacent to an activating group) is 1. The summed E-state index contributed by atoms with van der Waals surface area (Å²) in [6.45, 7) is 8.29. The van der Waals surface area contributed by atoms with E-state index in [4.69, 9.17) is 0 Å². The van der Waals surface area contributed by atoms with Crippen molar-refractivity contribution in [1.82, 2.24) is 4.90 Å². The molecular weight excluding hydrogens is 178 g/mol. The van der Waals surface area contributed by atoms with E-state index in [0.717, 1.165) is 6.54 Å². The summed E-state index contributed by atoms with van der Waals surface area (Å²) < 4.78 is 4.55. The van der Waals surface area contributed by atoms with Crippen LogP contribution < -0.4 is 0 Å². The second-order valence-corrected chi connectivity index (χ2v) is 4.35. The van der Waals surface area contributed by atoms with Crippen LogP contribution in [0, 0.1) is 0 Å². The van der Waals surface area contributed by atoms with Crippen LogP contribution in [0.25, 0.3) is 0 Å². The van der Waals surface area contributed by atoms with Crippen LogP contribution in [-0.4, -0.2) is 37.1 Å². The molecular formula is C11H21NO2. The van der Waals surface area contributed by atoms with Crippen molar-refractivity contribution in [3.63, 3.8) is 0 Å². The maximum Gasteiger partial charge on any atom is 0.293 e. The zero-order valence-corrected chi connectivity index (χ0v) is 9.62. The number of carbonyl (C=O) groups is 1. The van der Waals surface area contributed by atoms with E-state index in [0.29, 0.717) is 6.47 Å². The van der Waals surface area contributed by atoms with Crippen LogP contribution >= 0.6 is 0 Å². The van der Waals surface area contributed by atoms with Gasteiger partial charge in [0.2, 0.25) is 0 Å². The fraction of sp³-hybridized carbons (Fsp3) is 0.727. The van der Waals surface area contributed by atoms with Gasteiger partial charge in [-0.2, -0.15) is 0 Å². The van der Waals surface area contributed by atoms with Gasteiger partial charge in [0.1, 0.15) is 5.60 Å². The Kier molecular flexibility index (Phi) is 6.21. The highest BCUT2D eigenvalue weighted by Gasteiger charge is 2.07. The number of hydrogen-bond donors (Lipinski definition) is 0. The minimum absolute atomic E-state index is 0.318. The van der Waals surface area contributed by atoms with Crippen LogP contribution in [0.5, 0.6) is 0 Å². The van der Waals surface area contributed by atoms with E-state index < -0.39 is 0 Å². The third-order valence-corrected chi connectivity index (χ3v) is 1.66. The molecule has 0 N–H and O–H groups in total. The molecule has 0 atom stereocenters. The summed E-state index contributed by atoms with van der Waals surface area (Å²) in [7, 11) is 2.14. The third kappa shape index (κ3) is 9.26. The van der Waals surface area contributed by atoms with Gasteiger partial charge in [0.15, 0.2) is 0 Å². The van der Waals surface area contributed by atoms with Gasteiger partial charge >= 0.3 is 0 Å². The number of ether oxygens (including phenoxy) is 1. The maximum atomic E-state index is 9.60. The lowest BCUT2D eigenvalue weighted by Crippen LogP contribution is -2.21. The zero-order chi connectivity index (χ0) is 11.0. The molecule has 3 heteroatoms. The number of hydrogen-bond acceptors (Lipinski definition) is 3. The highest BCUT2D eigenvalue weighted by atomic mass is 16.5. The smallest absolute Gasteiger partial charge is 0.293 e. The number of carbonyl (C=O) groups excluding carboxylic acids is 1. The SMILES string of the molecule is CC(C)(C)OC=O.CN1CC=CCC1. The average molecular weight is 199 g/mol. The van der Waals surface area contributed by atoms with Gasteiger partial charge in [-0.15, -0.1) is 0 Å². The fourth-order valence-corrected chi connectivity index (χ4v) is 0.903. The van der Waals surface area contributed by atoms with Gasteiger partial charge in [0.05, 0.1) is 0 Å². The third-order valence-electron chi connectivity index (χ3n) is 1.66.